The molecular formula is C28H23Cl2N7O3. The van der Waals surface area contributed by atoms with Crippen molar-refractivity contribution in [1.82, 2.24) is 29.5 Å². The SMILES string of the molecule is Cc1ccc(-n2cc(Cl)nn2)c(-c2cc3n(c(=O)c2)[C@H](c2nc(Cl)c(-c4ccc(N(C)C(=O)O)cc4)[nH]2)CC3)c1. The van der Waals surface area contributed by atoms with Gasteiger partial charge in [0.2, 0.25) is 0 Å². The van der Waals surface area contributed by atoms with Gasteiger partial charge in [0, 0.05) is 35.6 Å². The van der Waals surface area contributed by atoms with Gasteiger partial charge in [-0.25, -0.2) is 14.5 Å². The largest absolute Gasteiger partial charge is 0.465 e. The summed E-state index contributed by atoms with van der Waals surface area (Å²) in [7, 11) is 1.48. The summed E-state index contributed by atoms with van der Waals surface area (Å²) in [5.41, 5.74) is 6.10. The summed E-state index contributed by atoms with van der Waals surface area (Å²) in [4.78, 5) is 33.7. The van der Waals surface area contributed by atoms with E-state index in [4.69, 9.17) is 23.2 Å². The number of carbonyl (C=O) groups is 1. The number of aryl methyl sites for hydroxylation is 2. The van der Waals surface area contributed by atoms with E-state index in [-0.39, 0.29) is 21.9 Å². The highest BCUT2D eigenvalue weighted by Crippen LogP contribution is 2.36. The number of aromatic amines is 1. The first-order valence-electron chi connectivity index (χ1n) is 12.5. The molecule has 0 spiro atoms. The Labute approximate surface area is 238 Å². The molecular weight excluding hydrogens is 553 g/mol. The molecule has 0 radical (unpaired) electrons. The lowest BCUT2D eigenvalue weighted by Gasteiger charge is -2.15. The van der Waals surface area contributed by atoms with E-state index < -0.39 is 6.09 Å². The maximum atomic E-state index is 13.5. The summed E-state index contributed by atoms with van der Waals surface area (Å²) >= 11 is 12.5. The van der Waals surface area contributed by atoms with Crippen LogP contribution in [0, 0.1) is 6.92 Å². The fourth-order valence-electron chi connectivity index (χ4n) is 5.13. The van der Waals surface area contributed by atoms with E-state index in [9.17, 15) is 14.7 Å². The van der Waals surface area contributed by atoms with Crippen LogP contribution in [0.5, 0.6) is 0 Å². The summed E-state index contributed by atoms with van der Waals surface area (Å²) in [6, 6.07) is 16.2. The Hall–Kier alpha value is -4.41. The highest BCUT2D eigenvalue weighted by Gasteiger charge is 2.29. The zero-order valence-electron chi connectivity index (χ0n) is 21.5. The van der Waals surface area contributed by atoms with Gasteiger partial charge >= 0.3 is 6.09 Å². The van der Waals surface area contributed by atoms with Crippen LogP contribution in [0.2, 0.25) is 10.3 Å². The second-order valence-electron chi connectivity index (χ2n) is 9.68. The molecule has 1 atom stereocenters. The monoisotopic (exact) mass is 575 g/mol. The van der Waals surface area contributed by atoms with Crippen LogP contribution in [0.15, 0.2) is 65.6 Å². The molecule has 0 saturated carbocycles. The fraction of sp³-hybridized carbons (Fsp3) is 0.179. The zero-order valence-corrected chi connectivity index (χ0v) is 23.0. The van der Waals surface area contributed by atoms with Gasteiger partial charge in [-0.05, 0) is 55.7 Å². The number of hydrogen-bond acceptors (Lipinski definition) is 5. The van der Waals surface area contributed by atoms with Crippen LogP contribution in [0.25, 0.3) is 28.1 Å². The first kappa shape index (κ1) is 25.8. The molecule has 2 N–H and O–H groups in total. The summed E-state index contributed by atoms with van der Waals surface area (Å²) < 4.78 is 3.36. The van der Waals surface area contributed by atoms with Crippen molar-refractivity contribution in [3.05, 3.63) is 98.5 Å². The Morgan fingerprint density at radius 2 is 1.88 bits per heavy atom. The lowest BCUT2D eigenvalue weighted by atomic mass is 10.0. The lowest BCUT2D eigenvalue weighted by molar-refractivity contribution is 0.203. The number of anilines is 1. The van der Waals surface area contributed by atoms with Gasteiger partial charge in [-0.3, -0.25) is 9.69 Å². The van der Waals surface area contributed by atoms with E-state index in [0.29, 0.717) is 30.0 Å². The number of rotatable bonds is 5. The number of carboxylic acid groups (broad SMARTS) is 1. The molecule has 40 heavy (non-hydrogen) atoms. The van der Waals surface area contributed by atoms with Crippen molar-refractivity contribution in [3.8, 4) is 28.1 Å². The Balaban J connectivity index is 1.35. The summed E-state index contributed by atoms with van der Waals surface area (Å²) in [5, 5.41) is 17.8. The van der Waals surface area contributed by atoms with E-state index in [1.165, 1.54) is 7.05 Å². The van der Waals surface area contributed by atoms with Gasteiger partial charge in [0.25, 0.3) is 5.56 Å². The van der Waals surface area contributed by atoms with E-state index in [0.717, 1.165) is 38.5 Å². The Kier molecular flexibility index (Phi) is 6.44. The average Bonchev–Trinajstić information content (AvgIpc) is 3.66. The minimum absolute atomic E-state index is 0.144. The molecule has 2 aromatic carbocycles. The Bertz CT molecular complexity index is 1820. The first-order chi connectivity index (χ1) is 19.2. The number of benzene rings is 2. The standard InChI is InChI=1S/C28H23Cl2N7O3/c1-15-3-9-21(36-14-23(29)33-34-36)20(11-15)17-12-19-8-10-22(37(19)24(38)13-17)27-31-25(26(30)32-27)16-4-6-18(7-5-16)35(2)28(39)40/h3-7,9,11-14,22H,8,10H2,1-2H3,(H,31,32)(H,39,40)/t22-/m0/s1. The molecule has 1 amide bonds. The molecule has 5 aromatic rings. The topological polar surface area (TPSA) is 122 Å². The number of amides is 1. The summed E-state index contributed by atoms with van der Waals surface area (Å²) in [6.07, 6.45) is 1.95. The number of fused-ring (bicyclic) bond motifs is 1. The molecule has 6 rings (SSSR count). The van der Waals surface area contributed by atoms with Gasteiger partial charge in [0.05, 0.1) is 23.6 Å². The number of H-pyrrole nitrogens is 1. The Morgan fingerprint density at radius 3 is 2.58 bits per heavy atom. The number of pyridine rings is 1. The minimum Gasteiger partial charge on any atom is -0.465 e. The molecule has 0 unspecified atom stereocenters. The summed E-state index contributed by atoms with van der Waals surface area (Å²) in [5.74, 6) is 0.592. The van der Waals surface area contributed by atoms with Gasteiger partial charge in [-0.2, -0.15) is 0 Å². The molecule has 4 heterocycles. The van der Waals surface area contributed by atoms with Crippen LogP contribution in [-0.4, -0.2) is 47.8 Å². The van der Waals surface area contributed by atoms with Crippen LogP contribution >= 0.6 is 23.2 Å². The number of hydrogen-bond donors (Lipinski definition) is 2. The molecule has 0 aliphatic carbocycles. The van der Waals surface area contributed by atoms with Gasteiger partial charge in [0.15, 0.2) is 10.3 Å². The van der Waals surface area contributed by atoms with Crippen LogP contribution in [0.1, 0.15) is 29.5 Å². The second kappa shape index (κ2) is 9.96. The number of aromatic nitrogens is 6. The fourth-order valence-corrected chi connectivity index (χ4v) is 5.51. The Morgan fingerprint density at radius 1 is 1.10 bits per heavy atom. The van der Waals surface area contributed by atoms with Crippen LogP contribution in [-0.2, 0) is 6.42 Å². The van der Waals surface area contributed by atoms with Crippen LogP contribution < -0.4 is 10.5 Å². The van der Waals surface area contributed by atoms with E-state index in [1.807, 2.05) is 31.2 Å². The van der Waals surface area contributed by atoms with Gasteiger partial charge in [0.1, 0.15) is 5.82 Å². The molecule has 12 heteroatoms. The van der Waals surface area contributed by atoms with Crippen LogP contribution in [0.4, 0.5) is 10.5 Å². The van der Waals surface area contributed by atoms with Crippen molar-refractivity contribution in [2.75, 3.05) is 11.9 Å². The number of imidazole rings is 1. The smallest absolute Gasteiger partial charge is 0.411 e. The summed E-state index contributed by atoms with van der Waals surface area (Å²) in [6.45, 7) is 1.99. The van der Waals surface area contributed by atoms with Gasteiger partial charge in [-0.15, -0.1) is 5.10 Å². The van der Waals surface area contributed by atoms with Crippen LogP contribution in [0.3, 0.4) is 0 Å². The number of nitrogens with one attached hydrogen (secondary N) is 1. The third-order valence-electron chi connectivity index (χ3n) is 7.13. The molecule has 0 bridgehead atoms. The maximum Gasteiger partial charge on any atom is 0.411 e. The first-order valence-corrected chi connectivity index (χ1v) is 13.2. The normalized spacial score (nSPS) is 14.3. The highest BCUT2D eigenvalue weighted by molar-refractivity contribution is 6.32. The molecule has 3 aromatic heterocycles. The van der Waals surface area contributed by atoms with E-state index in [2.05, 4.69) is 20.3 Å². The molecule has 1 aliphatic heterocycles. The second-order valence-corrected chi connectivity index (χ2v) is 10.4. The quantitative estimate of drug-likeness (QED) is 0.275. The molecule has 1 aliphatic rings. The van der Waals surface area contributed by atoms with Crippen molar-refractivity contribution in [3.63, 3.8) is 0 Å². The molecule has 10 nitrogen and oxygen atoms in total. The minimum atomic E-state index is -1.05. The third kappa shape index (κ3) is 4.55. The third-order valence-corrected chi connectivity index (χ3v) is 7.58. The zero-order chi connectivity index (χ0) is 28.1. The van der Waals surface area contributed by atoms with Crippen molar-refractivity contribution in [1.29, 1.82) is 0 Å². The van der Waals surface area contributed by atoms with E-state index in [1.54, 1.807) is 45.8 Å². The average molecular weight is 576 g/mol. The van der Waals surface area contributed by atoms with Crippen molar-refractivity contribution < 1.29 is 9.90 Å². The predicted molar refractivity (Wildman–Crippen MR) is 153 cm³/mol. The molecule has 0 saturated heterocycles. The predicted octanol–water partition coefficient (Wildman–Crippen LogP) is 5.75. The van der Waals surface area contributed by atoms with Crippen molar-refractivity contribution in [2.24, 2.45) is 0 Å². The molecule has 202 valence electrons. The van der Waals surface area contributed by atoms with Gasteiger partial charge < -0.3 is 14.7 Å². The van der Waals surface area contributed by atoms with Gasteiger partial charge in [-0.1, -0.05) is 52.2 Å². The maximum absolute atomic E-state index is 13.5. The van der Waals surface area contributed by atoms with Crippen molar-refractivity contribution in [2.45, 2.75) is 25.8 Å². The van der Waals surface area contributed by atoms with E-state index >= 15 is 0 Å². The number of nitrogens with zero attached hydrogens (tertiary/aromatic N) is 6. The number of halogens is 2. The lowest BCUT2D eigenvalue weighted by Crippen LogP contribution is -2.24. The molecule has 0 fully saturated rings. The highest BCUT2D eigenvalue weighted by atomic mass is 35.5. The van der Waals surface area contributed by atoms with Crippen molar-refractivity contribution >= 4 is 35.0 Å².